The van der Waals surface area contributed by atoms with E-state index in [1.807, 2.05) is 56.3 Å². The third kappa shape index (κ3) is 4.20. The maximum Gasteiger partial charge on any atom is 0.202 e. The highest BCUT2D eigenvalue weighted by Gasteiger charge is 2.37. The van der Waals surface area contributed by atoms with E-state index in [1.54, 1.807) is 0 Å². The number of ether oxygens (including phenoxy) is 2. The summed E-state index contributed by atoms with van der Waals surface area (Å²) in [4.78, 5) is 0. The van der Waals surface area contributed by atoms with Crippen LogP contribution in [0.25, 0.3) is 10.8 Å². The Hall–Kier alpha value is -1.66. The number of benzene rings is 2. The van der Waals surface area contributed by atoms with Crippen LogP contribution in [0.4, 0.5) is 0 Å². The monoisotopic (exact) mass is 320 g/mol. The van der Waals surface area contributed by atoms with Crippen LogP contribution in [0, 0.1) is 0 Å². The van der Waals surface area contributed by atoms with Gasteiger partial charge < -0.3 is 24.8 Å². The van der Waals surface area contributed by atoms with Crippen molar-refractivity contribution in [2.45, 2.75) is 44.9 Å². The summed E-state index contributed by atoms with van der Waals surface area (Å²) in [5.74, 6) is 0.624. The zero-order chi connectivity index (χ0) is 16.8. The molecule has 3 N–H and O–H groups in total. The Labute approximate surface area is 136 Å². The molecule has 0 bridgehead atoms. The fourth-order valence-corrected chi connectivity index (χ4v) is 2.53. The third-order valence-corrected chi connectivity index (χ3v) is 3.70. The lowest BCUT2D eigenvalue weighted by Gasteiger charge is -2.36. The van der Waals surface area contributed by atoms with E-state index < -0.39 is 24.6 Å². The van der Waals surface area contributed by atoms with E-state index in [0.717, 1.165) is 10.8 Å². The minimum atomic E-state index is -1.09. The van der Waals surface area contributed by atoms with Crippen molar-refractivity contribution in [2.75, 3.05) is 6.61 Å². The van der Waals surface area contributed by atoms with Crippen LogP contribution in [0.5, 0.6) is 5.75 Å². The quantitative estimate of drug-likeness (QED) is 0.807. The summed E-state index contributed by atoms with van der Waals surface area (Å²) < 4.78 is 11.2. The lowest BCUT2D eigenvalue weighted by atomic mass is 10.0. The molecule has 0 amide bonds. The Morgan fingerprint density at radius 2 is 1.78 bits per heavy atom. The van der Waals surface area contributed by atoms with Gasteiger partial charge in [0.25, 0.3) is 0 Å². The summed E-state index contributed by atoms with van der Waals surface area (Å²) in [5, 5.41) is 30.8. The highest BCUT2D eigenvalue weighted by Crippen LogP contribution is 2.26. The van der Waals surface area contributed by atoms with Gasteiger partial charge in [0.15, 0.2) is 0 Å². The molecule has 1 saturated heterocycles. The van der Waals surface area contributed by atoms with Gasteiger partial charge in [0, 0.05) is 6.42 Å². The first-order valence-corrected chi connectivity index (χ1v) is 7.95. The van der Waals surface area contributed by atoms with E-state index in [4.69, 9.17) is 14.6 Å². The topological polar surface area (TPSA) is 79.2 Å². The summed E-state index contributed by atoms with van der Waals surface area (Å²) in [6.45, 7) is 3.63. The molecule has 0 aromatic heterocycles. The van der Waals surface area contributed by atoms with Crippen molar-refractivity contribution >= 4 is 10.8 Å². The van der Waals surface area contributed by atoms with Crippen LogP contribution in [0.1, 0.15) is 20.3 Å². The number of hydrogen-bond donors (Lipinski definition) is 3. The summed E-state index contributed by atoms with van der Waals surface area (Å²) >= 11 is 0. The zero-order valence-electron chi connectivity index (χ0n) is 13.4. The summed E-state index contributed by atoms with van der Waals surface area (Å²) in [6, 6.07) is 13.6. The minimum Gasteiger partial charge on any atom is -0.465 e. The lowest BCUT2D eigenvalue weighted by Crippen LogP contribution is -2.51. The third-order valence-electron chi connectivity index (χ3n) is 3.70. The van der Waals surface area contributed by atoms with Crippen LogP contribution in [0.3, 0.4) is 0 Å². The number of aliphatic hydroxyl groups excluding tert-OH is 3. The van der Waals surface area contributed by atoms with E-state index in [-0.39, 0.29) is 13.0 Å². The minimum absolute atomic E-state index is 0.157. The predicted octanol–water partition coefficient (Wildman–Crippen LogP) is 2.07. The van der Waals surface area contributed by atoms with Crippen LogP contribution >= 0.6 is 0 Å². The molecule has 0 unspecified atom stereocenters. The van der Waals surface area contributed by atoms with Crippen LogP contribution < -0.4 is 4.74 Å². The van der Waals surface area contributed by atoms with Crippen LogP contribution in [-0.2, 0) is 4.74 Å². The van der Waals surface area contributed by atoms with E-state index >= 15 is 0 Å². The molecule has 1 fully saturated rings. The maximum atomic E-state index is 9.78. The van der Waals surface area contributed by atoms with Gasteiger partial charge in [0.1, 0.15) is 18.0 Å². The van der Waals surface area contributed by atoms with Crippen LogP contribution in [-0.4, -0.2) is 46.5 Å². The second kappa shape index (κ2) is 8.26. The first kappa shape index (κ1) is 17.7. The van der Waals surface area contributed by atoms with Gasteiger partial charge in [-0.05, 0) is 22.9 Å². The second-order valence-corrected chi connectivity index (χ2v) is 5.21. The summed E-state index contributed by atoms with van der Waals surface area (Å²) in [5.41, 5.74) is 0. The van der Waals surface area contributed by atoms with E-state index in [0.29, 0.717) is 5.75 Å². The first-order chi connectivity index (χ1) is 11.2. The Morgan fingerprint density at radius 3 is 2.48 bits per heavy atom. The van der Waals surface area contributed by atoms with Gasteiger partial charge in [-0.3, -0.25) is 0 Å². The van der Waals surface area contributed by atoms with Crippen molar-refractivity contribution < 1.29 is 24.8 Å². The molecule has 2 aromatic carbocycles. The van der Waals surface area contributed by atoms with Crippen LogP contribution in [0.15, 0.2) is 42.5 Å². The van der Waals surface area contributed by atoms with Crippen molar-refractivity contribution in [2.24, 2.45) is 0 Å². The number of rotatable bonds is 3. The second-order valence-electron chi connectivity index (χ2n) is 5.21. The van der Waals surface area contributed by atoms with Gasteiger partial charge in [-0.2, -0.15) is 0 Å². The number of aliphatic hydroxyl groups is 3. The molecule has 1 aliphatic heterocycles. The van der Waals surface area contributed by atoms with Gasteiger partial charge in [-0.1, -0.05) is 44.2 Å². The average molecular weight is 320 g/mol. The van der Waals surface area contributed by atoms with Crippen molar-refractivity contribution in [3.8, 4) is 5.75 Å². The number of fused-ring (bicyclic) bond motifs is 1. The normalized spacial score (nSPS) is 27.2. The highest BCUT2D eigenvalue weighted by molar-refractivity contribution is 5.83. The maximum absolute atomic E-state index is 9.78. The molecule has 5 heteroatoms. The van der Waals surface area contributed by atoms with E-state index in [2.05, 4.69) is 0 Å². The zero-order valence-corrected chi connectivity index (χ0v) is 13.4. The molecule has 23 heavy (non-hydrogen) atoms. The molecule has 3 rings (SSSR count). The lowest BCUT2D eigenvalue weighted by molar-refractivity contribution is -0.229. The molecule has 4 atom stereocenters. The Balaban J connectivity index is 0.000000924. The molecule has 1 heterocycles. The molecule has 5 nitrogen and oxygen atoms in total. The van der Waals surface area contributed by atoms with Crippen LogP contribution in [0.2, 0.25) is 0 Å². The smallest absolute Gasteiger partial charge is 0.202 e. The number of hydrogen-bond acceptors (Lipinski definition) is 5. The Morgan fingerprint density at radius 1 is 1.09 bits per heavy atom. The van der Waals surface area contributed by atoms with Gasteiger partial charge in [0.05, 0.1) is 12.7 Å². The SMILES string of the molecule is CC.OC[C@H]1O[C@@H](Oc2ccc3ccccc3c2)C[C@@H](O)[C@H]1O. The van der Waals surface area contributed by atoms with Crippen molar-refractivity contribution in [3.63, 3.8) is 0 Å². The van der Waals surface area contributed by atoms with Gasteiger partial charge in [0.2, 0.25) is 6.29 Å². The molecule has 0 spiro atoms. The van der Waals surface area contributed by atoms with Crippen molar-refractivity contribution in [1.29, 1.82) is 0 Å². The molecule has 126 valence electrons. The summed E-state index contributed by atoms with van der Waals surface area (Å²) in [7, 11) is 0. The molecule has 0 saturated carbocycles. The predicted molar refractivity (Wildman–Crippen MR) is 88.3 cm³/mol. The molecular formula is C18H24O5. The van der Waals surface area contributed by atoms with E-state index in [1.165, 1.54) is 0 Å². The highest BCUT2D eigenvalue weighted by atomic mass is 16.7. The average Bonchev–Trinajstić information content (AvgIpc) is 2.59. The van der Waals surface area contributed by atoms with Crippen molar-refractivity contribution in [1.82, 2.24) is 0 Å². The van der Waals surface area contributed by atoms with Gasteiger partial charge in [-0.25, -0.2) is 0 Å². The molecule has 1 aliphatic rings. The van der Waals surface area contributed by atoms with E-state index in [9.17, 15) is 10.2 Å². The Bertz CT molecular complexity index is 615. The standard InChI is InChI=1S/C16H18O5.C2H6/c17-9-14-16(19)13(18)8-15(21-14)20-12-6-5-10-3-1-2-4-11(10)7-12;1-2/h1-7,13-19H,8-9H2;1-2H3/t13-,14-,15-,16-;/m1./s1. The van der Waals surface area contributed by atoms with Gasteiger partial charge >= 0.3 is 0 Å². The summed E-state index contributed by atoms with van der Waals surface area (Å²) in [6.07, 6.45) is -3.43. The largest absolute Gasteiger partial charge is 0.465 e. The molecule has 2 aromatic rings. The van der Waals surface area contributed by atoms with Gasteiger partial charge in [-0.15, -0.1) is 0 Å². The Kier molecular flexibility index (Phi) is 6.36. The molecule has 0 radical (unpaired) electrons. The fourth-order valence-electron chi connectivity index (χ4n) is 2.53. The fraction of sp³-hybridized carbons (Fsp3) is 0.444. The molecule has 0 aliphatic carbocycles. The first-order valence-electron chi connectivity index (χ1n) is 7.95. The van der Waals surface area contributed by atoms with Crippen molar-refractivity contribution in [3.05, 3.63) is 42.5 Å². The molecular weight excluding hydrogens is 296 g/mol.